The molecule has 116 valence electrons. The first kappa shape index (κ1) is 15.3. The van der Waals surface area contributed by atoms with E-state index in [1.807, 2.05) is 0 Å². The molecule has 21 heavy (non-hydrogen) atoms. The number of hydrogen-bond acceptors (Lipinski definition) is 4. The lowest BCUT2D eigenvalue weighted by Crippen LogP contribution is -2.67. The summed E-state index contributed by atoms with van der Waals surface area (Å²) < 4.78 is 0. The van der Waals surface area contributed by atoms with Gasteiger partial charge in [-0.1, -0.05) is 0 Å². The van der Waals surface area contributed by atoms with Gasteiger partial charge >= 0.3 is 12.0 Å². The van der Waals surface area contributed by atoms with Gasteiger partial charge in [-0.3, -0.25) is 19.7 Å². The van der Waals surface area contributed by atoms with Gasteiger partial charge in [0.25, 0.3) is 5.91 Å². The summed E-state index contributed by atoms with van der Waals surface area (Å²) in [4.78, 5) is 49.7. The Hall–Kier alpha value is -2.12. The maximum atomic E-state index is 12.5. The molecule has 0 spiro atoms. The predicted molar refractivity (Wildman–Crippen MR) is 71.3 cm³/mol. The fraction of sp³-hybridized carbons (Fsp3) is 0.692. The second kappa shape index (κ2) is 4.71. The number of likely N-dealkylation sites (tertiary alicyclic amines) is 1. The minimum Gasteiger partial charge on any atom is -0.481 e. The van der Waals surface area contributed by atoms with Crippen LogP contribution in [0.2, 0.25) is 0 Å². The van der Waals surface area contributed by atoms with Crippen molar-refractivity contribution >= 4 is 23.8 Å². The van der Waals surface area contributed by atoms with Crippen LogP contribution in [-0.2, 0) is 14.4 Å². The van der Waals surface area contributed by atoms with Crippen molar-refractivity contribution in [2.45, 2.75) is 32.7 Å². The molecule has 2 heterocycles. The molecule has 2 aliphatic heterocycles. The van der Waals surface area contributed by atoms with Crippen LogP contribution in [0.15, 0.2) is 0 Å². The highest BCUT2D eigenvalue weighted by Gasteiger charge is 2.48. The zero-order valence-corrected chi connectivity index (χ0v) is 12.3. The molecular formula is C13H19N3O5. The van der Waals surface area contributed by atoms with Crippen molar-refractivity contribution in [1.82, 2.24) is 15.1 Å². The molecule has 0 aromatic rings. The second-order valence-electron chi connectivity index (χ2n) is 6.34. The van der Waals surface area contributed by atoms with E-state index >= 15 is 0 Å². The van der Waals surface area contributed by atoms with E-state index in [0.717, 1.165) is 0 Å². The minimum atomic E-state index is -1.15. The maximum Gasteiger partial charge on any atom is 0.321 e. The van der Waals surface area contributed by atoms with Gasteiger partial charge in [-0.2, -0.15) is 0 Å². The van der Waals surface area contributed by atoms with Crippen molar-refractivity contribution in [3.8, 4) is 0 Å². The van der Waals surface area contributed by atoms with Crippen molar-refractivity contribution in [2.75, 3.05) is 19.6 Å². The second-order valence-corrected chi connectivity index (χ2v) is 6.34. The van der Waals surface area contributed by atoms with E-state index in [1.165, 1.54) is 9.80 Å². The molecule has 0 saturated carbocycles. The molecule has 0 aromatic carbocycles. The third kappa shape index (κ3) is 2.45. The third-order valence-corrected chi connectivity index (χ3v) is 4.28. The van der Waals surface area contributed by atoms with Crippen LogP contribution in [0.5, 0.6) is 0 Å². The molecule has 2 saturated heterocycles. The normalized spacial score (nSPS) is 28.5. The van der Waals surface area contributed by atoms with E-state index in [-0.39, 0.29) is 13.1 Å². The number of hydrogen-bond donors (Lipinski definition) is 2. The number of carboxylic acid groups (broad SMARTS) is 1. The summed E-state index contributed by atoms with van der Waals surface area (Å²) in [7, 11) is 0. The number of carboxylic acids is 1. The van der Waals surface area contributed by atoms with Gasteiger partial charge < -0.3 is 14.9 Å². The zero-order valence-electron chi connectivity index (χ0n) is 12.3. The lowest BCUT2D eigenvalue weighted by Gasteiger charge is -2.41. The molecule has 0 radical (unpaired) electrons. The summed E-state index contributed by atoms with van der Waals surface area (Å²) in [6.07, 6.45) is 0.350. The van der Waals surface area contributed by atoms with Gasteiger partial charge in [-0.25, -0.2) is 4.79 Å². The van der Waals surface area contributed by atoms with Gasteiger partial charge in [-0.05, 0) is 27.2 Å². The summed E-state index contributed by atoms with van der Waals surface area (Å²) in [6.45, 7) is 4.85. The highest BCUT2D eigenvalue weighted by Crippen LogP contribution is 2.32. The van der Waals surface area contributed by atoms with Gasteiger partial charge in [0.15, 0.2) is 0 Å². The van der Waals surface area contributed by atoms with Crippen LogP contribution in [0, 0.1) is 5.41 Å². The highest BCUT2D eigenvalue weighted by molar-refractivity contribution is 6.06. The number of carbonyl (C=O) groups is 4. The van der Waals surface area contributed by atoms with E-state index in [2.05, 4.69) is 5.32 Å². The average molecular weight is 297 g/mol. The van der Waals surface area contributed by atoms with Crippen LogP contribution >= 0.6 is 0 Å². The first-order valence-electron chi connectivity index (χ1n) is 6.72. The standard InChI is InChI=1S/C13H19N3O5/c1-12(2)9(18)14-8(17)6-16(12)11(21)15-5-4-13(3,7-15)10(19)20/h4-7H2,1-3H3,(H,19,20)(H,14,17,18). The molecule has 2 fully saturated rings. The Morgan fingerprint density at radius 2 is 1.86 bits per heavy atom. The van der Waals surface area contributed by atoms with Gasteiger partial charge in [0.05, 0.1) is 5.41 Å². The number of urea groups is 1. The van der Waals surface area contributed by atoms with Crippen molar-refractivity contribution in [3.05, 3.63) is 0 Å². The lowest BCUT2D eigenvalue weighted by molar-refractivity contribution is -0.147. The Kier molecular flexibility index (Phi) is 3.43. The topological polar surface area (TPSA) is 107 Å². The van der Waals surface area contributed by atoms with Crippen LogP contribution in [0.4, 0.5) is 4.79 Å². The molecule has 0 aliphatic carbocycles. The fourth-order valence-electron chi connectivity index (χ4n) is 2.56. The Balaban J connectivity index is 2.18. The van der Waals surface area contributed by atoms with Crippen LogP contribution in [0.25, 0.3) is 0 Å². The maximum absolute atomic E-state index is 12.5. The smallest absolute Gasteiger partial charge is 0.321 e. The first-order chi connectivity index (χ1) is 9.58. The molecule has 2 rings (SSSR count). The van der Waals surface area contributed by atoms with E-state index in [4.69, 9.17) is 0 Å². The fourth-order valence-corrected chi connectivity index (χ4v) is 2.56. The number of nitrogens with zero attached hydrogens (tertiary/aromatic N) is 2. The zero-order chi connectivity index (χ0) is 16.0. The van der Waals surface area contributed by atoms with Crippen LogP contribution < -0.4 is 5.32 Å². The summed E-state index contributed by atoms with van der Waals surface area (Å²) in [5, 5.41) is 11.4. The molecule has 1 unspecified atom stereocenters. The Bertz CT molecular complexity index is 530. The van der Waals surface area contributed by atoms with Gasteiger partial charge in [0.1, 0.15) is 12.1 Å². The van der Waals surface area contributed by atoms with E-state index in [9.17, 15) is 24.3 Å². The van der Waals surface area contributed by atoms with Crippen LogP contribution in [-0.4, -0.2) is 63.9 Å². The number of carbonyl (C=O) groups excluding carboxylic acids is 3. The van der Waals surface area contributed by atoms with Crippen molar-refractivity contribution < 1.29 is 24.3 Å². The number of nitrogens with one attached hydrogen (secondary N) is 1. The molecule has 8 heteroatoms. The summed E-state index contributed by atoms with van der Waals surface area (Å²) in [6, 6.07) is -0.479. The van der Waals surface area contributed by atoms with Crippen molar-refractivity contribution in [2.24, 2.45) is 5.41 Å². The summed E-state index contributed by atoms with van der Waals surface area (Å²) >= 11 is 0. The third-order valence-electron chi connectivity index (χ3n) is 4.28. The molecule has 4 amide bonds. The number of rotatable bonds is 1. The molecule has 2 N–H and O–H groups in total. The first-order valence-corrected chi connectivity index (χ1v) is 6.72. The van der Waals surface area contributed by atoms with Crippen molar-refractivity contribution in [3.63, 3.8) is 0 Å². The number of aliphatic carboxylic acids is 1. The van der Waals surface area contributed by atoms with E-state index < -0.39 is 34.8 Å². The molecule has 2 aliphatic rings. The quantitative estimate of drug-likeness (QED) is 0.643. The number of amides is 4. The Morgan fingerprint density at radius 3 is 2.38 bits per heavy atom. The molecular weight excluding hydrogens is 278 g/mol. The largest absolute Gasteiger partial charge is 0.481 e. The summed E-state index contributed by atoms with van der Waals surface area (Å²) in [5.41, 5.74) is -2.13. The van der Waals surface area contributed by atoms with E-state index in [1.54, 1.807) is 20.8 Å². The number of imide groups is 1. The molecule has 8 nitrogen and oxygen atoms in total. The molecule has 0 aromatic heterocycles. The van der Waals surface area contributed by atoms with Crippen LogP contribution in [0.3, 0.4) is 0 Å². The van der Waals surface area contributed by atoms with Crippen molar-refractivity contribution in [1.29, 1.82) is 0 Å². The monoisotopic (exact) mass is 297 g/mol. The predicted octanol–water partition coefficient (Wildman–Crippen LogP) is -0.360. The average Bonchev–Trinajstić information content (AvgIpc) is 2.77. The van der Waals surface area contributed by atoms with E-state index in [0.29, 0.717) is 13.0 Å². The SMILES string of the molecule is CC1(C(=O)O)CCN(C(=O)N2CC(=O)NC(=O)C2(C)C)C1. The van der Waals surface area contributed by atoms with Gasteiger partial charge in [0.2, 0.25) is 5.91 Å². The summed E-state index contributed by atoms with van der Waals surface area (Å²) in [5.74, 6) is -2.02. The lowest BCUT2D eigenvalue weighted by atomic mass is 9.90. The number of piperazine rings is 1. The molecule has 1 atom stereocenters. The minimum absolute atomic E-state index is 0.0730. The van der Waals surface area contributed by atoms with Gasteiger partial charge in [0, 0.05) is 13.1 Å². The van der Waals surface area contributed by atoms with Crippen LogP contribution in [0.1, 0.15) is 27.2 Å². The molecule has 0 bridgehead atoms. The van der Waals surface area contributed by atoms with Gasteiger partial charge in [-0.15, -0.1) is 0 Å². The highest BCUT2D eigenvalue weighted by atomic mass is 16.4. The Morgan fingerprint density at radius 1 is 1.24 bits per heavy atom. The Labute approximate surface area is 122 Å².